The van der Waals surface area contributed by atoms with Gasteiger partial charge in [-0.05, 0) is 53.6 Å². The summed E-state index contributed by atoms with van der Waals surface area (Å²) < 4.78 is -0.707. The van der Waals surface area contributed by atoms with Crippen molar-refractivity contribution in [2.24, 2.45) is 17.8 Å². The highest BCUT2D eigenvalue weighted by molar-refractivity contribution is 8.02. The number of fused-ring (bicyclic) bond motifs is 2. The first kappa shape index (κ1) is 27.8. The fraction of sp³-hybridized carbons (Fsp3) is 0.424. The summed E-state index contributed by atoms with van der Waals surface area (Å²) in [5, 5.41) is 18.7. The van der Waals surface area contributed by atoms with E-state index < -0.39 is 28.7 Å². The summed E-state index contributed by atoms with van der Waals surface area (Å²) in [5.41, 5.74) is 1.66. The second-order valence-electron chi connectivity index (χ2n) is 12.0. The molecule has 214 valence electrons. The Morgan fingerprint density at radius 2 is 1.76 bits per heavy atom. The lowest BCUT2D eigenvalue weighted by Crippen LogP contribution is -2.55. The second-order valence-corrected chi connectivity index (χ2v) is 13.6. The van der Waals surface area contributed by atoms with Crippen molar-refractivity contribution in [1.82, 2.24) is 10.2 Å². The van der Waals surface area contributed by atoms with E-state index in [1.54, 1.807) is 16.7 Å². The number of nitrogens with zero attached hydrogens (tertiary/aromatic N) is 1. The van der Waals surface area contributed by atoms with Gasteiger partial charge in [-0.15, -0.1) is 11.8 Å². The Balaban J connectivity index is 1.32. The van der Waals surface area contributed by atoms with E-state index in [4.69, 9.17) is 0 Å². The fourth-order valence-electron chi connectivity index (χ4n) is 7.28. The Morgan fingerprint density at radius 3 is 2.49 bits per heavy atom. The zero-order valence-electron chi connectivity index (χ0n) is 23.5. The van der Waals surface area contributed by atoms with Gasteiger partial charge in [0.05, 0.1) is 29.2 Å². The third kappa shape index (κ3) is 4.91. The first-order valence-corrected chi connectivity index (χ1v) is 15.4. The predicted molar refractivity (Wildman–Crippen MR) is 162 cm³/mol. The number of benzene rings is 3. The van der Waals surface area contributed by atoms with Crippen LogP contribution in [0.4, 0.5) is 5.69 Å². The van der Waals surface area contributed by atoms with Gasteiger partial charge in [0.2, 0.25) is 17.7 Å². The summed E-state index contributed by atoms with van der Waals surface area (Å²) in [7, 11) is 0. The van der Waals surface area contributed by atoms with Gasteiger partial charge in [0.25, 0.3) is 0 Å². The lowest BCUT2D eigenvalue weighted by molar-refractivity contribution is -0.142. The highest BCUT2D eigenvalue weighted by Crippen LogP contribution is 2.66. The van der Waals surface area contributed by atoms with Crippen LogP contribution in [-0.4, -0.2) is 56.4 Å². The van der Waals surface area contributed by atoms with Crippen LogP contribution in [0.2, 0.25) is 0 Å². The Kier molecular flexibility index (Phi) is 7.55. The summed E-state index contributed by atoms with van der Waals surface area (Å²) in [6.45, 7) is 4.26. The van der Waals surface area contributed by atoms with Crippen LogP contribution < -0.4 is 10.6 Å². The average Bonchev–Trinajstić information content (AvgIpc) is 3.62. The zero-order valence-corrected chi connectivity index (χ0v) is 24.3. The van der Waals surface area contributed by atoms with Gasteiger partial charge in [0.15, 0.2) is 0 Å². The molecule has 3 aromatic rings. The third-order valence-corrected chi connectivity index (χ3v) is 10.9. The standard InChI is InChI=1S/C33H37N3O4S/c1-20(2)16-25(19-37)36-29(31(39)35-24-13-12-22-10-6-7-11-23(22)17-24)33-15-14-26(41-33)27(28(33)32(36)40)30(38)34-18-21-8-4-3-5-9-21/h3-13,17,20,25-29,37H,14-16,18-19H2,1-2H3,(H,34,38)(H,35,39)/t25-,26+,27-,28+,29?,33?/m1/s1. The molecule has 3 saturated heterocycles. The number of thioether (sulfide) groups is 1. The first-order valence-electron chi connectivity index (χ1n) is 14.5. The molecule has 8 heteroatoms. The van der Waals surface area contributed by atoms with E-state index in [1.165, 1.54) is 0 Å². The fourth-order valence-corrected chi connectivity index (χ4v) is 9.49. The average molecular weight is 572 g/mol. The number of aliphatic hydroxyl groups excluding tert-OH is 1. The molecule has 1 spiro atoms. The Labute approximate surface area is 245 Å². The van der Waals surface area contributed by atoms with Crippen molar-refractivity contribution in [2.45, 2.75) is 61.7 Å². The van der Waals surface area contributed by atoms with Crippen LogP contribution in [0.5, 0.6) is 0 Å². The number of anilines is 1. The number of carbonyl (C=O) groups excluding carboxylic acids is 3. The van der Waals surface area contributed by atoms with Gasteiger partial charge < -0.3 is 20.6 Å². The SMILES string of the molecule is CC(C)C[C@H](CO)N1C(=O)[C@@H]2[C@H](C(=O)NCc3ccccc3)[C@@H]3CCC2(S3)C1C(=O)Nc1ccc2ccccc2c1. The van der Waals surface area contributed by atoms with E-state index in [9.17, 15) is 19.5 Å². The molecule has 3 aromatic carbocycles. The van der Waals surface area contributed by atoms with Crippen LogP contribution in [0.1, 0.15) is 38.7 Å². The topological polar surface area (TPSA) is 98.7 Å². The van der Waals surface area contributed by atoms with Crippen molar-refractivity contribution in [3.05, 3.63) is 78.4 Å². The number of carbonyl (C=O) groups is 3. The molecule has 2 bridgehead atoms. The summed E-state index contributed by atoms with van der Waals surface area (Å²) in [6, 6.07) is 22.2. The second kappa shape index (κ2) is 11.1. The predicted octanol–water partition coefficient (Wildman–Crippen LogP) is 4.59. The van der Waals surface area contributed by atoms with Crippen LogP contribution >= 0.6 is 11.8 Å². The van der Waals surface area contributed by atoms with Crippen LogP contribution in [0.3, 0.4) is 0 Å². The summed E-state index contributed by atoms with van der Waals surface area (Å²) in [6.07, 6.45) is 2.04. The van der Waals surface area contributed by atoms with Crippen molar-refractivity contribution in [1.29, 1.82) is 0 Å². The Morgan fingerprint density at radius 1 is 1.02 bits per heavy atom. The van der Waals surface area contributed by atoms with Crippen molar-refractivity contribution in [3.63, 3.8) is 0 Å². The minimum Gasteiger partial charge on any atom is -0.394 e. The van der Waals surface area contributed by atoms with Gasteiger partial charge in [-0.25, -0.2) is 0 Å². The van der Waals surface area contributed by atoms with E-state index in [1.807, 2.05) is 86.6 Å². The molecule has 2 unspecified atom stereocenters. The number of hydrogen-bond donors (Lipinski definition) is 3. The van der Waals surface area contributed by atoms with E-state index in [0.29, 0.717) is 25.1 Å². The van der Waals surface area contributed by atoms with Gasteiger partial charge in [-0.2, -0.15) is 0 Å². The number of aliphatic hydroxyl groups is 1. The summed E-state index contributed by atoms with van der Waals surface area (Å²) >= 11 is 1.65. The molecule has 3 heterocycles. The van der Waals surface area contributed by atoms with Crippen molar-refractivity contribution in [2.75, 3.05) is 11.9 Å². The number of amides is 3. The molecular weight excluding hydrogens is 534 g/mol. The maximum atomic E-state index is 14.3. The van der Waals surface area contributed by atoms with E-state index in [2.05, 4.69) is 10.6 Å². The maximum absolute atomic E-state index is 14.3. The summed E-state index contributed by atoms with van der Waals surface area (Å²) in [5.74, 6) is -1.46. The van der Waals surface area contributed by atoms with E-state index >= 15 is 0 Å². The molecule has 3 aliphatic heterocycles. The molecule has 7 nitrogen and oxygen atoms in total. The highest BCUT2D eigenvalue weighted by atomic mass is 32.2. The van der Waals surface area contributed by atoms with Crippen LogP contribution in [0.25, 0.3) is 10.8 Å². The molecule has 3 N–H and O–H groups in total. The van der Waals surface area contributed by atoms with Gasteiger partial charge in [-0.1, -0.05) is 74.5 Å². The van der Waals surface area contributed by atoms with Crippen molar-refractivity contribution in [3.8, 4) is 0 Å². The molecule has 3 fully saturated rings. The minimum atomic E-state index is -0.774. The van der Waals surface area contributed by atoms with E-state index in [0.717, 1.165) is 22.8 Å². The molecule has 0 radical (unpaired) electrons. The van der Waals surface area contributed by atoms with Gasteiger partial charge in [0.1, 0.15) is 6.04 Å². The molecule has 3 aliphatic rings. The molecule has 0 aromatic heterocycles. The largest absolute Gasteiger partial charge is 0.394 e. The van der Waals surface area contributed by atoms with Crippen LogP contribution in [0, 0.1) is 17.8 Å². The number of hydrogen-bond acceptors (Lipinski definition) is 5. The Bertz CT molecular complexity index is 1460. The number of nitrogens with one attached hydrogen (secondary N) is 2. The van der Waals surface area contributed by atoms with Crippen molar-refractivity contribution >= 4 is 45.9 Å². The maximum Gasteiger partial charge on any atom is 0.248 e. The molecular formula is C33H37N3O4S. The number of likely N-dealkylation sites (tertiary alicyclic amines) is 1. The Hall–Kier alpha value is -3.36. The lowest BCUT2D eigenvalue weighted by Gasteiger charge is -2.37. The lowest BCUT2D eigenvalue weighted by atomic mass is 9.70. The van der Waals surface area contributed by atoms with Gasteiger partial charge >= 0.3 is 0 Å². The number of rotatable bonds is 9. The van der Waals surface area contributed by atoms with Crippen molar-refractivity contribution < 1.29 is 19.5 Å². The molecule has 6 rings (SSSR count). The highest BCUT2D eigenvalue weighted by Gasteiger charge is 2.74. The molecule has 41 heavy (non-hydrogen) atoms. The minimum absolute atomic E-state index is 0.0180. The van der Waals surface area contributed by atoms with Gasteiger partial charge in [0, 0.05) is 17.5 Å². The summed E-state index contributed by atoms with van der Waals surface area (Å²) in [4.78, 5) is 43.9. The molecule has 3 amide bonds. The van der Waals surface area contributed by atoms with Crippen LogP contribution in [0.15, 0.2) is 72.8 Å². The molecule has 0 saturated carbocycles. The van der Waals surface area contributed by atoms with Crippen LogP contribution in [-0.2, 0) is 20.9 Å². The molecule has 0 aliphatic carbocycles. The molecule has 6 atom stereocenters. The zero-order chi connectivity index (χ0) is 28.7. The quantitative estimate of drug-likeness (QED) is 0.349. The monoisotopic (exact) mass is 571 g/mol. The smallest absolute Gasteiger partial charge is 0.248 e. The normalized spacial score (nSPS) is 27.3. The van der Waals surface area contributed by atoms with E-state index in [-0.39, 0.29) is 35.5 Å². The van der Waals surface area contributed by atoms with Gasteiger partial charge in [-0.3, -0.25) is 14.4 Å². The third-order valence-electron chi connectivity index (χ3n) is 8.96. The first-order chi connectivity index (χ1) is 19.8.